The number of nitrogens with zero attached hydrogens (tertiary/aromatic N) is 3. The fourth-order valence-electron chi connectivity index (χ4n) is 1.33. The Hall–Kier alpha value is -1.08. The van der Waals surface area contributed by atoms with Gasteiger partial charge in [-0.15, -0.1) is 0 Å². The molecule has 1 unspecified atom stereocenters. The molecule has 1 atom stereocenters. The van der Waals surface area contributed by atoms with Crippen LogP contribution in [-0.2, 0) is 4.79 Å². The smallest absolute Gasteiger partial charge is 0.236 e. The Bertz CT molecular complexity index is 221. The summed E-state index contributed by atoms with van der Waals surface area (Å²) >= 11 is 0. The number of piperazine rings is 1. The standard InChI is InChI=1S/C8H13N3O/c1-7-5-11(4-3-9)6-8(12)10(7)2/h7H,4-6H2,1-2H3. The Morgan fingerprint density at radius 2 is 2.42 bits per heavy atom. The van der Waals surface area contributed by atoms with Gasteiger partial charge in [0.2, 0.25) is 5.91 Å². The number of carbonyl (C=O) groups is 1. The predicted molar refractivity (Wildman–Crippen MR) is 44.3 cm³/mol. The van der Waals surface area contributed by atoms with E-state index in [1.807, 2.05) is 17.9 Å². The first-order valence-corrected chi connectivity index (χ1v) is 4.00. The Labute approximate surface area is 72.4 Å². The quantitative estimate of drug-likeness (QED) is 0.502. The number of hydrogen-bond donors (Lipinski definition) is 0. The molecule has 0 saturated carbocycles. The Morgan fingerprint density at radius 1 is 1.75 bits per heavy atom. The molecule has 1 amide bonds. The highest BCUT2D eigenvalue weighted by molar-refractivity contribution is 5.79. The van der Waals surface area contributed by atoms with Crippen molar-refractivity contribution in [1.82, 2.24) is 9.80 Å². The normalized spacial score (nSPS) is 25.6. The van der Waals surface area contributed by atoms with E-state index < -0.39 is 0 Å². The molecule has 0 spiro atoms. The highest BCUT2D eigenvalue weighted by Gasteiger charge is 2.26. The van der Waals surface area contributed by atoms with Crippen LogP contribution in [0.15, 0.2) is 0 Å². The monoisotopic (exact) mass is 167 g/mol. The van der Waals surface area contributed by atoms with Gasteiger partial charge < -0.3 is 4.90 Å². The van der Waals surface area contributed by atoms with Crippen molar-refractivity contribution in [2.45, 2.75) is 13.0 Å². The zero-order valence-corrected chi connectivity index (χ0v) is 7.45. The molecule has 0 aromatic heterocycles. The summed E-state index contributed by atoms with van der Waals surface area (Å²) < 4.78 is 0. The molecule has 66 valence electrons. The molecule has 0 aliphatic carbocycles. The topological polar surface area (TPSA) is 47.3 Å². The fraction of sp³-hybridized carbons (Fsp3) is 0.750. The molecule has 1 aliphatic heterocycles. The van der Waals surface area contributed by atoms with Gasteiger partial charge in [-0.2, -0.15) is 5.26 Å². The van der Waals surface area contributed by atoms with Crippen molar-refractivity contribution in [3.8, 4) is 6.07 Å². The number of nitriles is 1. The third-order valence-corrected chi connectivity index (χ3v) is 2.23. The van der Waals surface area contributed by atoms with Gasteiger partial charge in [0.25, 0.3) is 0 Å². The molecule has 0 aromatic rings. The van der Waals surface area contributed by atoms with Gasteiger partial charge in [0.15, 0.2) is 0 Å². The van der Waals surface area contributed by atoms with Crippen molar-refractivity contribution < 1.29 is 4.79 Å². The van der Waals surface area contributed by atoms with Crippen LogP contribution in [0.5, 0.6) is 0 Å². The summed E-state index contributed by atoms with van der Waals surface area (Å²) in [5.41, 5.74) is 0. The van der Waals surface area contributed by atoms with Crippen LogP contribution >= 0.6 is 0 Å². The lowest BCUT2D eigenvalue weighted by atomic mass is 10.2. The second-order valence-corrected chi connectivity index (χ2v) is 3.18. The molecule has 1 saturated heterocycles. The summed E-state index contributed by atoms with van der Waals surface area (Å²) in [6.07, 6.45) is 0. The summed E-state index contributed by atoms with van der Waals surface area (Å²) in [4.78, 5) is 14.9. The average molecular weight is 167 g/mol. The van der Waals surface area contributed by atoms with Crippen molar-refractivity contribution in [3.05, 3.63) is 0 Å². The second-order valence-electron chi connectivity index (χ2n) is 3.18. The third kappa shape index (κ3) is 1.74. The predicted octanol–water partition coefficient (Wildman–Crippen LogP) is -0.328. The molecule has 1 fully saturated rings. The zero-order valence-electron chi connectivity index (χ0n) is 7.45. The van der Waals surface area contributed by atoms with Crippen molar-refractivity contribution in [2.75, 3.05) is 26.7 Å². The number of rotatable bonds is 1. The van der Waals surface area contributed by atoms with Crippen LogP contribution in [0.1, 0.15) is 6.92 Å². The van der Waals surface area contributed by atoms with E-state index in [2.05, 4.69) is 0 Å². The average Bonchev–Trinajstić information content (AvgIpc) is 2.01. The molecular weight excluding hydrogens is 154 g/mol. The Balaban J connectivity index is 2.55. The van der Waals surface area contributed by atoms with E-state index in [9.17, 15) is 4.79 Å². The number of amides is 1. The largest absolute Gasteiger partial charge is 0.341 e. The van der Waals surface area contributed by atoms with Gasteiger partial charge in [0, 0.05) is 19.6 Å². The molecule has 4 heteroatoms. The summed E-state index contributed by atoms with van der Waals surface area (Å²) in [6.45, 7) is 3.52. The zero-order chi connectivity index (χ0) is 9.14. The summed E-state index contributed by atoms with van der Waals surface area (Å²) in [6, 6.07) is 2.27. The van der Waals surface area contributed by atoms with E-state index in [4.69, 9.17) is 5.26 Å². The van der Waals surface area contributed by atoms with Gasteiger partial charge >= 0.3 is 0 Å². The van der Waals surface area contributed by atoms with Crippen molar-refractivity contribution in [2.24, 2.45) is 0 Å². The van der Waals surface area contributed by atoms with E-state index in [1.165, 1.54) is 0 Å². The maximum atomic E-state index is 11.3. The van der Waals surface area contributed by atoms with E-state index in [-0.39, 0.29) is 11.9 Å². The van der Waals surface area contributed by atoms with E-state index >= 15 is 0 Å². The maximum Gasteiger partial charge on any atom is 0.236 e. The van der Waals surface area contributed by atoms with Crippen molar-refractivity contribution in [3.63, 3.8) is 0 Å². The molecule has 0 radical (unpaired) electrons. The third-order valence-electron chi connectivity index (χ3n) is 2.23. The van der Waals surface area contributed by atoms with Gasteiger partial charge in [0.05, 0.1) is 19.2 Å². The SMILES string of the molecule is CC1CN(CC#N)CC(=O)N1C. The first-order valence-electron chi connectivity index (χ1n) is 4.00. The minimum absolute atomic E-state index is 0.101. The second kappa shape index (κ2) is 3.55. The lowest BCUT2D eigenvalue weighted by Crippen LogP contribution is -2.53. The van der Waals surface area contributed by atoms with E-state index in [0.717, 1.165) is 6.54 Å². The first-order chi connectivity index (χ1) is 5.65. The van der Waals surface area contributed by atoms with E-state index in [1.54, 1.807) is 11.9 Å². The lowest BCUT2D eigenvalue weighted by molar-refractivity contribution is -0.136. The highest BCUT2D eigenvalue weighted by Crippen LogP contribution is 2.06. The van der Waals surface area contributed by atoms with Crippen LogP contribution in [0.4, 0.5) is 0 Å². The molecule has 0 aromatic carbocycles. The van der Waals surface area contributed by atoms with Gasteiger partial charge in [-0.3, -0.25) is 9.69 Å². The van der Waals surface area contributed by atoms with Crippen LogP contribution in [0, 0.1) is 11.3 Å². The summed E-state index contributed by atoms with van der Waals surface area (Å²) in [7, 11) is 1.80. The minimum atomic E-state index is 0.101. The van der Waals surface area contributed by atoms with Crippen LogP contribution in [0.2, 0.25) is 0 Å². The Morgan fingerprint density at radius 3 is 2.92 bits per heavy atom. The number of likely N-dealkylation sites (N-methyl/N-ethyl adjacent to an activating group) is 1. The molecule has 12 heavy (non-hydrogen) atoms. The highest BCUT2D eigenvalue weighted by atomic mass is 16.2. The number of carbonyl (C=O) groups excluding carboxylic acids is 1. The van der Waals surface area contributed by atoms with Crippen LogP contribution in [0.3, 0.4) is 0 Å². The van der Waals surface area contributed by atoms with Crippen molar-refractivity contribution >= 4 is 5.91 Å². The number of hydrogen-bond acceptors (Lipinski definition) is 3. The summed E-state index contributed by atoms with van der Waals surface area (Å²) in [5, 5.41) is 8.44. The minimum Gasteiger partial charge on any atom is -0.341 e. The van der Waals surface area contributed by atoms with E-state index in [0.29, 0.717) is 13.1 Å². The van der Waals surface area contributed by atoms with Gasteiger partial charge in [-0.25, -0.2) is 0 Å². The lowest BCUT2D eigenvalue weighted by Gasteiger charge is -2.35. The molecule has 0 N–H and O–H groups in total. The molecule has 1 heterocycles. The summed E-state index contributed by atoms with van der Waals surface area (Å²) in [5.74, 6) is 0.101. The van der Waals surface area contributed by atoms with Crippen molar-refractivity contribution in [1.29, 1.82) is 5.26 Å². The Kier molecular flexibility index (Phi) is 2.66. The molecule has 0 bridgehead atoms. The van der Waals surface area contributed by atoms with Crippen LogP contribution in [0.25, 0.3) is 0 Å². The van der Waals surface area contributed by atoms with Gasteiger partial charge in [-0.05, 0) is 6.92 Å². The van der Waals surface area contributed by atoms with Crippen LogP contribution < -0.4 is 0 Å². The molecule has 1 rings (SSSR count). The van der Waals surface area contributed by atoms with Crippen LogP contribution in [-0.4, -0.2) is 48.4 Å². The molecular formula is C8H13N3O. The maximum absolute atomic E-state index is 11.3. The first kappa shape index (κ1) is 9.01. The molecule has 1 aliphatic rings. The van der Waals surface area contributed by atoms with Gasteiger partial charge in [0.1, 0.15) is 0 Å². The van der Waals surface area contributed by atoms with Gasteiger partial charge in [-0.1, -0.05) is 0 Å². The fourth-order valence-corrected chi connectivity index (χ4v) is 1.33. The molecule has 4 nitrogen and oxygen atoms in total.